The van der Waals surface area contributed by atoms with Crippen LogP contribution in [0.1, 0.15) is 48.9 Å². The van der Waals surface area contributed by atoms with Gasteiger partial charge in [0.25, 0.3) is 5.91 Å². The van der Waals surface area contributed by atoms with Crippen LogP contribution in [0.2, 0.25) is 0 Å². The lowest BCUT2D eigenvalue weighted by Gasteiger charge is -2.29. The van der Waals surface area contributed by atoms with E-state index in [0.717, 1.165) is 17.3 Å². The predicted octanol–water partition coefficient (Wildman–Crippen LogP) is 3.35. The van der Waals surface area contributed by atoms with Crippen LogP contribution >= 0.6 is 0 Å². The molecule has 2 fully saturated rings. The van der Waals surface area contributed by atoms with Crippen molar-refractivity contribution in [1.82, 2.24) is 10.2 Å². The molecule has 2 aromatic rings. The molecule has 0 radical (unpaired) electrons. The fraction of sp³-hybridized carbons (Fsp3) is 0.500. The first-order valence-corrected chi connectivity index (χ1v) is 11.0. The van der Waals surface area contributed by atoms with Crippen LogP contribution in [0.25, 0.3) is 10.8 Å². The molecule has 1 saturated heterocycles. The molecule has 1 aliphatic heterocycles. The minimum absolute atomic E-state index is 0.101. The van der Waals surface area contributed by atoms with Gasteiger partial charge < -0.3 is 15.8 Å². The molecule has 2 aliphatic rings. The van der Waals surface area contributed by atoms with E-state index in [1.54, 1.807) is 6.07 Å². The Labute approximate surface area is 177 Å². The lowest BCUT2D eigenvalue weighted by atomic mass is 9.89. The first-order chi connectivity index (χ1) is 14.6. The van der Waals surface area contributed by atoms with Gasteiger partial charge in [-0.05, 0) is 36.6 Å². The van der Waals surface area contributed by atoms with Crippen molar-refractivity contribution in [2.75, 3.05) is 25.9 Å². The van der Waals surface area contributed by atoms with Gasteiger partial charge in [0, 0.05) is 24.5 Å². The third-order valence-corrected chi connectivity index (χ3v) is 6.64. The summed E-state index contributed by atoms with van der Waals surface area (Å²) in [6.07, 6.45) is 6.84. The zero-order chi connectivity index (χ0) is 21.1. The molecule has 4 rings (SSSR count). The molecule has 0 unspecified atom stereocenters. The Morgan fingerprint density at radius 3 is 2.67 bits per heavy atom. The van der Waals surface area contributed by atoms with E-state index in [0.29, 0.717) is 30.1 Å². The molecule has 2 atom stereocenters. The molecule has 2 aromatic carbocycles. The number of hydrogen-bond acceptors (Lipinski definition) is 5. The van der Waals surface area contributed by atoms with Crippen LogP contribution in [0.5, 0.6) is 0 Å². The van der Waals surface area contributed by atoms with E-state index in [-0.39, 0.29) is 24.0 Å². The van der Waals surface area contributed by atoms with Gasteiger partial charge in [0.1, 0.15) is 6.04 Å². The molecule has 1 amide bonds. The van der Waals surface area contributed by atoms with E-state index in [1.165, 1.54) is 39.2 Å². The SMILES string of the molecule is COC(=O)[C@@H]1C[C@H](NC(=O)c2ccc3ccccc3c2N)CN1CC1CCCCC1. The van der Waals surface area contributed by atoms with Crippen LogP contribution in [0.4, 0.5) is 5.69 Å². The van der Waals surface area contributed by atoms with Crippen LogP contribution in [0.15, 0.2) is 36.4 Å². The highest BCUT2D eigenvalue weighted by Crippen LogP contribution is 2.29. The highest BCUT2D eigenvalue weighted by Gasteiger charge is 2.39. The van der Waals surface area contributed by atoms with Crippen LogP contribution in [-0.4, -0.2) is 49.1 Å². The number of benzene rings is 2. The molecule has 30 heavy (non-hydrogen) atoms. The van der Waals surface area contributed by atoms with Crippen molar-refractivity contribution in [1.29, 1.82) is 0 Å². The number of nitrogens with two attached hydrogens (primary N) is 1. The highest BCUT2D eigenvalue weighted by atomic mass is 16.5. The van der Waals surface area contributed by atoms with Gasteiger partial charge in [-0.2, -0.15) is 0 Å². The fourth-order valence-corrected chi connectivity index (χ4v) is 5.05. The predicted molar refractivity (Wildman–Crippen MR) is 118 cm³/mol. The van der Waals surface area contributed by atoms with Crippen molar-refractivity contribution in [3.8, 4) is 0 Å². The number of ether oxygens (including phenoxy) is 1. The molecule has 1 heterocycles. The maximum atomic E-state index is 13.0. The average Bonchev–Trinajstić information content (AvgIpc) is 3.16. The van der Waals surface area contributed by atoms with Crippen LogP contribution < -0.4 is 11.1 Å². The van der Waals surface area contributed by atoms with Crippen LogP contribution in [-0.2, 0) is 9.53 Å². The van der Waals surface area contributed by atoms with Crippen molar-refractivity contribution in [2.24, 2.45) is 5.92 Å². The summed E-state index contributed by atoms with van der Waals surface area (Å²) in [4.78, 5) is 27.6. The molecule has 1 aliphatic carbocycles. The molecular formula is C24H31N3O3. The van der Waals surface area contributed by atoms with Crippen molar-refractivity contribution < 1.29 is 14.3 Å². The minimum Gasteiger partial charge on any atom is -0.468 e. The summed E-state index contributed by atoms with van der Waals surface area (Å²) in [5, 5.41) is 5.00. The van der Waals surface area contributed by atoms with Gasteiger partial charge in [-0.3, -0.25) is 14.5 Å². The van der Waals surface area contributed by atoms with Gasteiger partial charge in [0.05, 0.1) is 18.4 Å². The molecule has 6 nitrogen and oxygen atoms in total. The molecule has 1 saturated carbocycles. The number of fused-ring (bicyclic) bond motifs is 1. The van der Waals surface area contributed by atoms with Crippen LogP contribution in [0, 0.1) is 5.92 Å². The summed E-state index contributed by atoms with van der Waals surface area (Å²) in [7, 11) is 1.43. The molecule has 3 N–H and O–H groups in total. The first kappa shape index (κ1) is 20.7. The summed E-state index contributed by atoms with van der Waals surface area (Å²) in [6.45, 7) is 1.56. The highest BCUT2D eigenvalue weighted by molar-refractivity contribution is 6.07. The Morgan fingerprint density at radius 2 is 1.90 bits per heavy atom. The summed E-state index contributed by atoms with van der Waals surface area (Å²) in [6, 6.07) is 11.1. The summed E-state index contributed by atoms with van der Waals surface area (Å²) in [5.74, 6) is 0.218. The van der Waals surface area contributed by atoms with Gasteiger partial charge in [-0.1, -0.05) is 49.6 Å². The number of likely N-dealkylation sites (tertiary alicyclic amines) is 1. The number of esters is 1. The second-order valence-electron chi connectivity index (χ2n) is 8.65. The Hall–Kier alpha value is -2.60. The smallest absolute Gasteiger partial charge is 0.323 e. The number of rotatable bonds is 5. The number of nitrogen functional groups attached to an aromatic ring is 1. The van der Waals surface area contributed by atoms with E-state index in [9.17, 15) is 9.59 Å². The Balaban J connectivity index is 1.46. The zero-order valence-corrected chi connectivity index (χ0v) is 17.6. The van der Waals surface area contributed by atoms with Gasteiger partial charge in [0.2, 0.25) is 0 Å². The molecule has 6 heteroatoms. The van der Waals surface area contributed by atoms with E-state index < -0.39 is 0 Å². The zero-order valence-electron chi connectivity index (χ0n) is 17.6. The lowest BCUT2D eigenvalue weighted by molar-refractivity contribution is -0.146. The van der Waals surface area contributed by atoms with Gasteiger partial charge in [0.15, 0.2) is 0 Å². The standard InChI is InChI=1S/C24H31N3O3/c1-30-24(29)21-13-18(15-27(21)14-16-7-3-2-4-8-16)26-23(28)20-12-11-17-9-5-6-10-19(17)22(20)25/h5-6,9-12,16,18,21H,2-4,7-8,13-15,25H2,1H3,(H,26,28)/t18-,21-/m0/s1. The molecule has 160 valence electrons. The third kappa shape index (κ3) is 4.29. The monoisotopic (exact) mass is 409 g/mol. The Morgan fingerprint density at radius 1 is 1.13 bits per heavy atom. The second-order valence-corrected chi connectivity index (χ2v) is 8.65. The van der Waals surface area contributed by atoms with Gasteiger partial charge in [-0.25, -0.2) is 0 Å². The quantitative estimate of drug-likeness (QED) is 0.584. The molecular weight excluding hydrogens is 378 g/mol. The third-order valence-electron chi connectivity index (χ3n) is 6.64. The summed E-state index contributed by atoms with van der Waals surface area (Å²) < 4.78 is 5.05. The Bertz CT molecular complexity index is 923. The van der Waals surface area contributed by atoms with Crippen molar-refractivity contribution in [3.05, 3.63) is 42.0 Å². The number of carbonyl (C=O) groups is 2. The normalized spacial score (nSPS) is 22.8. The average molecular weight is 410 g/mol. The van der Waals surface area contributed by atoms with E-state index >= 15 is 0 Å². The van der Waals surface area contributed by atoms with Gasteiger partial charge in [-0.15, -0.1) is 0 Å². The molecule has 0 bridgehead atoms. The van der Waals surface area contributed by atoms with E-state index in [2.05, 4.69) is 10.2 Å². The number of amides is 1. The van der Waals surface area contributed by atoms with Gasteiger partial charge >= 0.3 is 5.97 Å². The van der Waals surface area contributed by atoms with E-state index in [1.807, 2.05) is 30.3 Å². The lowest BCUT2D eigenvalue weighted by Crippen LogP contribution is -2.41. The van der Waals surface area contributed by atoms with Crippen LogP contribution in [0.3, 0.4) is 0 Å². The summed E-state index contributed by atoms with van der Waals surface area (Å²) in [5.41, 5.74) is 7.27. The van der Waals surface area contributed by atoms with Crippen molar-refractivity contribution >= 4 is 28.3 Å². The summed E-state index contributed by atoms with van der Waals surface area (Å²) >= 11 is 0. The number of nitrogens with zero attached hydrogens (tertiary/aromatic N) is 1. The van der Waals surface area contributed by atoms with Crippen molar-refractivity contribution in [2.45, 2.75) is 50.6 Å². The maximum absolute atomic E-state index is 13.0. The number of anilines is 1. The Kier molecular flexibility index (Phi) is 6.23. The number of hydrogen-bond donors (Lipinski definition) is 2. The van der Waals surface area contributed by atoms with Crippen molar-refractivity contribution in [3.63, 3.8) is 0 Å². The molecule has 0 spiro atoms. The number of nitrogens with one attached hydrogen (secondary N) is 1. The number of methoxy groups -OCH3 is 1. The first-order valence-electron chi connectivity index (χ1n) is 11.0. The maximum Gasteiger partial charge on any atom is 0.323 e. The second kappa shape index (κ2) is 9.04. The largest absolute Gasteiger partial charge is 0.468 e. The van der Waals surface area contributed by atoms with E-state index in [4.69, 9.17) is 10.5 Å². The number of carbonyl (C=O) groups excluding carboxylic acids is 2. The fourth-order valence-electron chi connectivity index (χ4n) is 5.05. The minimum atomic E-state index is -0.295. The molecule has 0 aromatic heterocycles. The topological polar surface area (TPSA) is 84.7 Å².